The van der Waals surface area contributed by atoms with Gasteiger partial charge in [0.1, 0.15) is 0 Å². The molecule has 146 valence electrons. The van der Waals surface area contributed by atoms with E-state index in [0.717, 1.165) is 38.2 Å². The summed E-state index contributed by atoms with van der Waals surface area (Å²) in [6.07, 6.45) is 1.74. The molecular weight excluding hydrogens is 344 g/mol. The van der Waals surface area contributed by atoms with Gasteiger partial charge in [0, 0.05) is 49.7 Å². The average Bonchev–Trinajstić information content (AvgIpc) is 2.66. The highest BCUT2D eigenvalue weighted by atomic mass is 16.5. The molecular formula is C20H28N4O3. The zero-order valence-corrected chi connectivity index (χ0v) is 16.0. The summed E-state index contributed by atoms with van der Waals surface area (Å²) >= 11 is 0. The van der Waals surface area contributed by atoms with Crippen molar-refractivity contribution >= 4 is 22.5 Å². The van der Waals surface area contributed by atoms with E-state index < -0.39 is 0 Å². The van der Waals surface area contributed by atoms with Crippen molar-refractivity contribution in [3.8, 4) is 0 Å². The predicted molar refractivity (Wildman–Crippen MR) is 107 cm³/mol. The molecule has 7 nitrogen and oxygen atoms in total. The van der Waals surface area contributed by atoms with E-state index >= 15 is 0 Å². The summed E-state index contributed by atoms with van der Waals surface area (Å²) in [7, 11) is 0. The molecule has 1 saturated heterocycles. The summed E-state index contributed by atoms with van der Waals surface area (Å²) in [5, 5.41) is 7.18. The van der Waals surface area contributed by atoms with Crippen LogP contribution in [-0.2, 0) is 11.3 Å². The monoisotopic (exact) mass is 372 g/mol. The molecule has 2 heterocycles. The number of pyridine rings is 1. The second-order valence-electron chi connectivity index (χ2n) is 7.27. The van der Waals surface area contributed by atoms with Crippen LogP contribution in [-0.4, -0.2) is 54.9 Å². The molecule has 2 N–H and O–H groups in total. The van der Waals surface area contributed by atoms with Gasteiger partial charge in [0.2, 0.25) is 0 Å². The molecule has 0 saturated carbocycles. The van der Waals surface area contributed by atoms with E-state index in [9.17, 15) is 9.59 Å². The summed E-state index contributed by atoms with van der Waals surface area (Å²) in [5.41, 5.74) is 0.618. The van der Waals surface area contributed by atoms with E-state index in [-0.39, 0.29) is 11.6 Å². The third-order valence-corrected chi connectivity index (χ3v) is 4.62. The number of urea groups is 1. The lowest BCUT2D eigenvalue weighted by Gasteiger charge is -2.26. The first-order valence-corrected chi connectivity index (χ1v) is 9.51. The van der Waals surface area contributed by atoms with E-state index in [2.05, 4.69) is 29.4 Å². The molecule has 27 heavy (non-hydrogen) atoms. The number of amides is 2. The van der Waals surface area contributed by atoms with Crippen molar-refractivity contribution in [2.75, 3.05) is 44.7 Å². The fraction of sp³-hybridized carbons (Fsp3) is 0.500. The number of carbonyl (C=O) groups is 1. The standard InChI is InChI=1S/C20H28N4O3/c1-15(2)13-24-14-18(16-5-3-4-6-17(16)19(24)25)22-20(26)21-7-8-23-9-11-27-12-10-23/h3-6,14-15H,7-13H2,1-2H3,(H2,21,22,26). The molecule has 0 aliphatic carbocycles. The van der Waals surface area contributed by atoms with Crippen molar-refractivity contribution in [1.82, 2.24) is 14.8 Å². The Kier molecular flexibility index (Phi) is 6.47. The highest BCUT2D eigenvalue weighted by molar-refractivity contribution is 6.00. The van der Waals surface area contributed by atoms with E-state index in [4.69, 9.17) is 4.74 Å². The molecule has 1 fully saturated rings. The van der Waals surface area contributed by atoms with Crippen LogP contribution in [0.2, 0.25) is 0 Å². The Hall–Kier alpha value is -2.38. The molecule has 0 bridgehead atoms. The molecule has 7 heteroatoms. The summed E-state index contributed by atoms with van der Waals surface area (Å²) < 4.78 is 7.00. The smallest absolute Gasteiger partial charge is 0.319 e. The molecule has 1 aliphatic heterocycles. The maximum atomic E-state index is 12.7. The van der Waals surface area contributed by atoms with Gasteiger partial charge in [-0.2, -0.15) is 0 Å². The quantitative estimate of drug-likeness (QED) is 0.814. The minimum atomic E-state index is -0.261. The topological polar surface area (TPSA) is 75.6 Å². The van der Waals surface area contributed by atoms with Gasteiger partial charge in [-0.3, -0.25) is 9.69 Å². The second-order valence-corrected chi connectivity index (χ2v) is 7.27. The van der Waals surface area contributed by atoms with Crippen molar-refractivity contribution in [2.24, 2.45) is 5.92 Å². The molecule has 1 aliphatic rings. The van der Waals surface area contributed by atoms with E-state index in [1.54, 1.807) is 16.8 Å². The van der Waals surface area contributed by atoms with E-state index in [1.165, 1.54) is 0 Å². The summed E-state index contributed by atoms with van der Waals surface area (Å²) in [5.74, 6) is 0.332. The van der Waals surface area contributed by atoms with Crippen molar-refractivity contribution in [2.45, 2.75) is 20.4 Å². The van der Waals surface area contributed by atoms with Crippen molar-refractivity contribution in [3.05, 3.63) is 40.8 Å². The maximum absolute atomic E-state index is 12.7. The van der Waals surface area contributed by atoms with Gasteiger partial charge in [-0.25, -0.2) is 4.79 Å². The first-order chi connectivity index (χ1) is 13.0. The van der Waals surface area contributed by atoms with Crippen LogP contribution in [0.5, 0.6) is 0 Å². The highest BCUT2D eigenvalue weighted by Crippen LogP contribution is 2.20. The number of rotatable bonds is 6. The Labute approximate surface area is 159 Å². The van der Waals surface area contributed by atoms with Gasteiger partial charge in [-0.15, -0.1) is 0 Å². The van der Waals surface area contributed by atoms with Crippen molar-refractivity contribution in [1.29, 1.82) is 0 Å². The van der Waals surface area contributed by atoms with Gasteiger partial charge in [0.15, 0.2) is 0 Å². The van der Waals surface area contributed by atoms with Crippen molar-refractivity contribution in [3.63, 3.8) is 0 Å². The molecule has 1 aromatic heterocycles. The molecule has 0 atom stereocenters. The zero-order chi connectivity index (χ0) is 19.2. The molecule has 2 aromatic rings. The molecule has 1 aromatic carbocycles. The SMILES string of the molecule is CC(C)Cn1cc(NC(=O)NCCN2CCOCC2)c2ccccc2c1=O. The van der Waals surface area contributed by atoms with Gasteiger partial charge in [-0.05, 0) is 12.0 Å². The fourth-order valence-corrected chi connectivity index (χ4v) is 3.29. The summed E-state index contributed by atoms with van der Waals surface area (Å²) in [6, 6.07) is 7.12. The van der Waals surface area contributed by atoms with Crippen LogP contribution < -0.4 is 16.2 Å². The molecule has 0 unspecified atom stereocenters. The van der Waals surface area contributed by atoms with E-state index in [1.807, 2.05) is 18.2 Å². The normalized spacial score (nSPS) is 15.2. The Morgan fingerprint density at radius 2 is 1.89 bits per heavy atom. The largest absolute Gasteiger partial charge is 0.379 e. The van der Waals surface area contributed by atoms with Crippen LogP contribution in [0.3, 0.4) is 0 Å². The van der Waals surface area contributed by atoms with Gasteiger partial charge in [0.05, 0.1) is 18.9 Å². The highest BCUT2D eigenvalue weighted by Gasteiger charge is 2.13. The van der Waals surface area contributed by atoms with Gasteiger partial charge in [0.25, 0.3) is 5.56 Å². The predicted octanol–water partition coefficient (Wildman–Crippen LogP) is 2.11. The number of fused-ring (bicyclic) bond motifs is 1. The number of benzene rings is 1. The number of anilines is 1. The number of hydrogen-bond acceptors (Lipinski definition) is 4. The number of carbonyl (C=O) groups excluding carboxylic acids is 1. The van der Waals surface area contributed by atoms with E-state index in [0.29, 0.717) is 30.1 Å². The lowest BCUT2D eigenvalue weighted by Crippen LogP contribution is -2.42. The molecule has 0 radical (unpaired) electrons. The Morgan fingerprint density at radius 3 is 2.59 bits per heavy atom. The van der Waals surface area contributed by atoms with Crippen LogP contribution in [0, 0.1) is 5.92 Å². The van der Waals surface area contributed by atoms with Crippen LogP contribution in [0.25, 0.3) is 10.8 Å². The third-order valence-electron chi connectivity index (χ3n) is 4.62. The maximum Gasteiger partial charge on any atom is 0.319 e. The number of nitrogens with zero attached hydrogens (tertiary/aromatic N) is 2. The van der Waals surface area contributed by atoms with Crippen LogP contribution in [0.4, 0.5) is 10.5 Å². The summed E-state index contributed by atoms with van der Waals surface area (Å²) in [6.45, 7) is 9.38. The molecule has 3 rings (SSSR count). The van der Waals surface area contributed by atoms with Crippen LogP contribution in [0.1, 0.15) is 13.8 Å². The Balaban J connectivity index is 1.70. The lowest BCUT2D eigenvalue weighted by atomic mass is 10.1. The summed E-state index contributed by atoms with van der Waals surface area (Å²) in [4.78, 5) is 27.3. The third kappa shape index (κ3) is 5.08. The molecule has 0 spiro atoms. The van der Waals surface area contributed by atoms with Gasteiger partial charge < -0.3 is 19.9 Å². The number of nitrogens with one attached hydrogen (secondary N) is 2. The minimum Gasteiger partial charge on any atom is -0.379 e. The molecule has 2 amide bonds. The van der Waals surface area contributed by atoms with Gasteiger partial charge >= 0.3 is 6.03 Å². The zero-order valence-electron chi connectivity index (χ0n) is 16.0. The Bertz CT molecular complexity index is 841. The first-order valence-electron chi connectivity index (χ1n) is 9.51. The fourth-order valence-electron chi connectivity index (χ4n) is 3.29. The number of hydrogen-bond donors (Lipinski definition) is 2. The first kappa shape index (κ1) is 19.4. The van der Waals surface area contributed by atoms with Crippen LogP contribution >= 0.6 is 0 Å². The number of ether oxygens (including phenoxy) is 1. The average molecular weight is 372 g/mol. The lowest BCUT2D eigenvalue weighted by molar-refractivity contribution is 0.0388. The second kappa shape index (κ2) is 9.01. The Morgan fingerprint density at radius 1 is 1.19 bits per heavy atom. The minimum absolute atomic E-state index is 0.0300. The number of morpholine rings is 1. The number of aromatic nitrogens is 1. The van der Waals surface area contributed by atoms with Gasteiger partial charge in [-0.1, -0.05) is 32.0 Å². The van der Waals surface area contributed by atoms with Crippen LogP contribution in [0.15, 0.2) is 35.3 Å². The van der Waals surface area contributed by atoms with Crippen molar-refractivity contribution < 1.29 is 9.53 Å².